The average Bonchev–Trinajstić information content (AvgIpc) is 3.25. The van der Waals surface area contributed by atoms with Crippen LogP contribution in [0.1, 0.15) is 57.3 Å². The lowest BCUT2D eigenvalue weighted by Crippen LogP contribution is -2.03. The summed E-state index contributed by atoms with van der Waals surface area (Å²) in [7, 11) is 1.30. The van der Waals surface area contributed by atoms with Gasteiger partial charge >= 0.3 is 12.1 Å². The number of carbonyl (C=O) groups excluding carboxylic acids is 2. The number of carbonyl (C=O) groups is 2. The van der Waals surface area contributed by atoms with Gasteiger partial charge in [-0.1, -0.05) is 38.1 Å². The van der Waals surface area contributed by atoms with Crippen molar-refractivity contribution in [2.24, 2.45) is 0 Å². The number of benzene rings is 2. The van der Waals surface area contributed by atoms with E-state index < -0.39 is 17.7 Å². The Morgan fingerprint density at radius 3 is 2.23 bits per heavy atom. The summed E-state index contributed by atoms with van der Waals surface area (Å²) in [5, 5.41) is 0. The molecule has 3 nitrogen and oxygen atoms in total. The maximum Gasteiger partial charge on any atom is 0.416 e. The van der Waals surface area contributed by atoms with Crippen LogP contribution in [0.15, 0.2) is 60.7 Å². The van der Waals surface area contributed by atoms with Crippen molar-refractivity contribution in [3.05, 3.63) is 93.4 Å². The fourth-order valence-corrected chi connectivity index (χ4v) is 4.68. The molecule has 0 unspecified atom stereocenters. The van der Waals surface area contributed by atoms with Crippen LogP contribution in [0.25, 0.3) is 22.6 Å². The van der Waals surface area contributed by atoms with E-state index >= 15 is 0 Å². The van der Waals surface area contributed by atoms with Crippen molar-refractivity contribution in [3.8, 4) is 10.4 Å². The van der Waals surface area contributed by atoms with Crippen molar-refractivity contribution in [2.75, 3.05) is 7.11 Å². The molecule has 0 amide bonds. The van der Waals surface area contributed by atoms with E-state index in [4.69, 9.17) is 0 Å². The maximum atomic E-state index is 12.9. The van der Waals surface area contributed by atoms with Gasteiger partial charge in [0, 0.05) is 21.4 Å². The molecule has 0 bridgehead atoms. The maximum absolute atomic E-state index is 12.9. The summed E-state index contributed by atoms with van der Waals surface area (Å²) in [6.07, 6.45) is 1.85. The lowest BCUT2D eigenvalue weighted by atomic mass is 10.0. The van der Waals surface area contributed by atoms with E-state index in [1.807, 2.05) is 26.8 Å². The molecule has 0 radical (unpaired) electrons. The average molecular weight is 499 g/mol. The summed E-state index contributed by atoms with van der Waals surface area (Å²) < 4.78 is 43.2. The smallest absolute Gasteiger partial charge is 0.416 e. The van der Waals surface area contributed by atoms with Crippen LogP contribution in [0.3, 0.4) is 0 Å². The van der Waals surface area contributed by atoms with Gasteiger partial charge in [0.2, 0.25) is 0 Å². The van der Waals surface area contributed by atoms with Crippen molar-refractivity contribution in [3.63, 3.8) is 0 Å². The topological polar surface area (TPSA) is 43.4 Å². The minimum Gasteiger partial charge on any atom is -0.466 e. The van der Waals surface area contributed by atoms with Crippen molar-refractivity contribution in [1.82, 2.24) is 0 Å². The Morgan fingerprint density at radius 2 is 1.66 bits per heavy atom. The highest BCUT2D eigenvalue weighted by Gasteiger charge is 2.30. The van der Waals surface area contributed by atoms with E-state index in [2.05, 4.69) is 4.74 Å². The van der Waals surface area contributed by atoms with E-state index in [-0.39, 0.29) is 11.7 Å². The van der Waals surface area contributed by atoms with Crippen LogP contribution in [0.2, 0.25) is 0 Å². The molecule has 0 spiro atoms. The number of aryl methyl sites for hydroxylation is 1. The van der Waals surface area contributed by atoms with Gasteiger partial charge in [0.1, 0.15) is 0 Å². The Kier molecular flexibility index (Phi) is 8.12. The first kappa shape index (κ1) is 26.2. The molecular weight excluding hydrogens is 473 g/mol. The molecule has 0 aliphatic rings. The van der Waals surface area contributed by atoms with E-state index in [9.17, 15) is 22.8 Å². The second-order valence-electron chi connectivity index (χ2n) is 8.29. The molecule has 0 saturated heterocycles. The van der Waals surface area contributed by atoms with Crippen molar-refractivity contribution < 1.29 is 27.5 Å². The molecule has 35 heavy (non-hydrogen) atoms. The first-order chi connectivity index (χ1) is 16.5. The standard InChI is InChI=1S/C28H25F3O3S/c1-17(2)23-16-26(20-7-10-22(11-8-20)28(29,30)31)35-25(23)13-12-24(32)21-6-5-19(18(3)15-21)9-14-27(33)34-4/h5-17H,1-4H3/b13-12+,14-9+. The first-order valence-electron chi connectivity index (χ1n) is 10.9. The van der Waals surface area contributed by atoms with Crippen molar-refractivity contribution in [1.29, 1.82) is 0 Å². The Balaban J connectivity index is 1.83. The van der Waals surface area contributed by atoms with Gasteiger partial charge in [0.25, 0.3) is 0 Å². The summed E-state index contributed by atoms with van der Waals surface area (Å²) in [6, 6.07) is 12.3. The minimum atomic E-state index is -4.38. The number of esters is 1. The molecule has 3 aromatic rings. The third-order valence-electron chi connectivity index (χ3n) is 5.45. The fraction of sp³-hybridized carbons (Fsp3) is 0.214. The molecule has 0 aliphatic carbocycles. The molecule has 0 aliphatic heterocycles. The summed E-state index contributed by atoms with van der Waals surface area (Å²) in [5.41, 5.74) is 3.19. The van der Waals surface area contributed by atoms with Gasteiger partial charge in [-0.2, -0.15) is 13.2 Å². The quantitative estimate of drug-likeness (QED) is 0.189. The molecule has 7 heteroatoms. The number of ether oxygens (including phenoxy) is 1. The number of ketones is 1. The van der Waals surface area contributed by atoms with Crippen LogP contribution < -0.4 is 0 Å². The Bertz CT molecular complexity index is 1280. The molecule has 0 saturated carbocycles. The molecule has 0 N–H and O–H groups in total. The molecule has 0 atom stereocenters. The van der Waals surface area contributed by atoms with Crippen LogP contribution in [0, 0.1) is 6.92 Å². The Labute approximate surface area is 206 Å². The molecule has 1 aromatic heterocycles. The number of rotatable bonds is 7. The number of allylic oxidation sites excluding steroid dienone is 1. The number of methoxy groups -OCH3 is 1. The number of hydrogen-bond donors (Lipinski definition) is 0. The van der Waals surface area contributed by atoms with E-state index in [0.717, 1.165) is 38.6 Å². The SMILES string of the molecule is COC(=O)/C=C/c1ccc(C(=O)/C=C/c2sc(-c3ccc(C(F)(F)F)cc3)cc2C(C)C)cc1C. The van der Waals surface area contributed by atoms with Crippen LogP contribution in [0.5, 0.6) is 0 Å². The van der Waals surface area contributed by atoms with E-state index in [1.165, 1.54) is 42.7 Å². The zero-order valence-electron chi connectivity index (χ0n) is 19.8. The second kappa shape index (κ2) is 10.9. The molecule has 0 fully saturated rings. The molecule has 1 heterocycles. The van der Waals surface area contributed by atoms with Gasteiger partial charge in [-0.05, 0) is 77.6 Å². The predicted molar refractivity (Wildman–Crippen MR) is 134 cm³/mol. The molecule has 3 rings (SSSR count). The lowest BCUT2D eigenvalue weighted by Gasteiger charge is -2.06. The third-order valence-corrected chi connectivity index (χ3v) is 6.62. The first-order valence-corrected chi connectivity index (χ1v) is 11.7. The zero-order valence-corrected chi connectivity index (χ0v) is 20.6. The fourth-order valence-electron chi connectivity index (χ4n) is 3.46. The van der Waals surface area contributed by atoms with Crippen LogP contribution >= 0.6 is 11.3 Å². The largest absolute Gasteiger partial charge is 0.466 e. The normalized spacial score (nSPS) is 12.1. The van der Waals surface area contributed by atoms with Gasteiger partial charge in [-0.3, -0.25) is 4.79 Å². The minimum absolute atomic E-state index is 0.171. The van der Waals surface area contributed by atoms with Gasteiger partial charge in [0.15, 0.2) is 5.78 Å². The number of halogens is 3. The van der Waals surface area contributed by atoms with Gasteiger partial charge in [0.05, 0.1) is 12.7 Å². The summed E-state index contributed by atoms with van der Waals surface area (Å²) in [6.45, 7) is 5.91. The summed E-state index contributed by atoms with van der Waals surface area (Å²) in [4.78, 5) is 25.8. The zero-order chi connectivity index (χ0) is 25.8. The van der Waals surface area contributed by atoms with Gasteiger partial charge in [-0.25, -0.2) is 4.79 Å². The Morgan fingerprint density at radius 1 is 0.971 bits per heavy atom. The van der Waals surface area contributed by atoms with Crippen molar-refractivity contribution in [2.45, 2.75) is 32.9 Å². The van der Waals surface area contributed by atoms with Crippen molar-refractivity contribution >= 4 is 35.2 Å². The molecule has 182 valence electrons. The number of thiophene rings is 1. The molecule has 2 aromatic carbocycles. The summed E-state index contributed by atoms with van der Waals surface area (Å²) in [5.74, 6) is -0.455. The molecular formula is C28H25F3O3S. The number of alkyl halides is 3. The summed E-state index contributed by atoms with van der Waals surface area (Å²) >= 11 is 1.44. The van der Waals surface area contributed by atoms with Gasteiger partial charge in [-0.15, -0.1) is 11.3 Å². The van der Waals surface area contributed by atoms with Crippen LogP contribution in [-0.4, -0.2) is 18.9 Å². The third kappa shape index (κ3) is 6.57. The Hall–Kier alpha value is -3.45. The lowest BCUT2D eigenvalue weighted by molar-refractivity contribution is -0.137. The van der Waals surface area contributed by atoms with Crippen LogP contribution in [-0.2, 0) is 15.7 Å². The highest BCUT2D eigenvalue weighted by Crippen LogP contribution is 2.37. The van der Waals surface area contributed by atoms with E-state index in [0.29, 0.717) is 11.1 Å². The van der Waals surface area contributed by atoms with E-state index in [1.54, 1.807) is 30.4 Å². The highest BCUT2D eigenvalue weighted by atomic mass is 32.1. The number of hydrogen-bond acceptors (Lipinski definition) is 4. The highest BCUT2D eigenvalue weighted by molar-refractivity contribution is 7.16. The monoisotopic (exact) mass is 498 g/mol. The predicted octanol–water partition coefficient (Wildman–Crippen LogP) is 7.95. The van der Waals surface area contributed by atoms with Gasteiger partial charge < -0.3 is 4.74 Å². The second-order valence-corrected chi connectivity index (χ2v) is 9.37. The van der Waals surface area contributed by atoms with Crippen LogP contribution in [0.4, 0.5) is 13.2 Å².